The van der Waals surface area contributed by atoms with E-state index in [0.717, 1.165) is 35.2 Å². The predicted molar refractivity (Wildman–Crippen MR) is 77.7 cm³/mol. The lowest BCUT2D eigenvalue weighted by Gasteiger charge is -2.30. The summed E-state index contributed by atoms with van der Waals surface area (Å²) in [7, 11) is 0. The van der Waals surface area contributed by atoms with Crippen LogP contribution in [0.2, 0.25) is 0 Å². The van der Waals surface area contributed by atoms with Crippen molar-refractivity contribution in [2.45, 2.75) is 57.9 Å². The summed E-state index contributed by atoms with van der Waals surface area (Å²) < 4.78 is 18.3. The van der Waals surface area contributed by atoms with Gasteiger partial charge in [-0.15, -0.1) is 4.72 Å². The summed E-state index contributed by atoms with van der Waals surface area (Å²) in [6, 6.07) is 0.120. The SMILES string of the molecule is Cc1nn2c(c1Br)[C@@H](N[S+]([O-])C(C)(C)C)CCC2. The highest BCUT2D eigenvalue weighted by atomic mass is 79.9. The molecular weight excluding hydrogens is 314 g/mol. The highest BCUT2D eigenvalue weighted by molar-refractivity contribution is 9.10. The Bertz CT molecular complexity index is 441. The third-order valence-electron chi connectivity index (χ3n) is 3.09. The van der Waals surface area contributed by atoms with Crippen LogP contribution in [0.3, 0.4) is 0 Å². The lowest BCUT2D eigenvalue weighted by molar-refractivity contribution is 0.402. The quantitative estimate of drug-likeness (QED) is 0.846. The molecule has 2 atom stereocenters. The average Bonchev–Trinajstić information content (AvgIpc) is 2.54. The molecule has 4 nitrogen and oxygen atoms in total. The molecule has 0 aromatic carbocycles. The van der Waals surface area contributed by atoms with Gasteiger partial charge in [0, 0.05) is 17.9 Å². The molecule has 0 saturated heterocycles. The fourth-order valence-corrected chi connectivity index (χ4v) is 3.49. The lowest BCUT2D eigenvalue weighted by Crippen LogP contribution is -2.42. The van der Waals surface area contributed by atoms with Crippen LogP contribution in [0.1, 0.15) is 51.0 Å². The number of nitrogens with one attached hydrogen (secondary N) is 1. The number of hydrogen-bond acceptors (Lipinski definition) is 3. The van der Waals surface area contributed by atoms with E-state index in [0.29, 0.717) is 0 Å². The van der Waals surface area contributed by atoms with Crippen LogP contribution in [-0.4, -0.2) is 19.1 Å². The van der Waals surface area contributed by atoms with Crippen LogP contribution in [0, 0.1) is 6.92 Å². The van der Waals surface area contributed by atoms with Gasteiger partial charge in [-0.05, 0) is 56.5 Å². The molecule has 2 rings (SSSR count). The van der Waals surface area contributed by atoms with Crippen LogP contribution in [0.4, 0.5) is 0 Å². The first-order valence-corrected chi connectivity index (χ1v) is 8.16. The Morgan fingerprint density at radius 3 is 2.78 bits per heavy atom. The molecule has 1 unspecified atom stereocenters. The van der Waals surface area contributed by atoms with Crippen molar-refractivity contribution >= 4 is 27.3 Å². The highest BCUT2D eigenvalue weighted by Gasteiger charge is 2.34. The second kappa shape index (κ2) is 5.15. The van der Waals surface area contributed by atoms with E-state index >= 15 is 0 Å². The van der Waals surface area contributed by atoms with Crippen LogP contribution >= 0.6 is 15.9 Å². The smallest absolute Gasteiger partial charge is 0.136 e. The van der Waals surface area contributed by atoms with Crippen LogP contribution < -0.4 is 4.72 Å². The minimum Gasteiger partial charge on any atom is -0.598 e. The zero-order valence-corrected chi connectivity index (χ0v) is 13.7. The molecule has 0 bridgehead atoms. The first-order chi connectivity index (χ1) is 8.30. The van der Waals surface area contributed by atoms with Crippen molar-refractivity contribution < 1.29 is 4.55 Å². The summed E-state index contributed by atoms with van der Waals surface area (Å²) in [4.78, 5) is 0. The molecule has 6 heteroatoms. The second-order valence-electron chi connectivity index (χ2n) is 5.70. The van der Waals surface area contributed by atoms with E-state index in [1.807, 2.05) is 32.4 Å². The number of rotatable bonds is 2. The van der Waals surface area contributed by atoms with Gasteiger partial charge in [0.15, 0.2) is 0 Å². The third-order valence-corrected chi connectivity index (χ3v) is 5.68. The summed E-state index contributed by atoms with van der Waals surface area (Å²) in [5.74, 6) is 0. The first kappa shape index (κ1) is 14.4. The third kappa shape index (κ3) is 2.76. The molecule has 1 N–H and O–H groups in total. The predicted octanol–water partition coefficient (Wildman–Crippen LogP) is 2.84. The summed E-state index contributed by atoms with van der Waals surface area (Å²) in [5.41, 5.74) is 2.14. The van der Waals surface area contributed by atoms with E-state index in [1.165, 1.54) is 0 Å². The molecule has 1 aromatic rings. The van der Waals surface area contributed by atoms with E-state index in [-0.39, 0.29) is 10.8 Å². The topological polar surface area (TPSA) is 52.9 Å². The van der Waals surface area contributed by atoms with Crippen molar-refractivity contribution in [3.05, 3.63) is 15.9 Å². The van der Waals surface area contributed by atoms with Gasteiger partial charge >= 0.3 is 0 Å². The molecule has 102 valence electrons. The van der Waals surface area contributed by atoms with Crippen molar-refractivity contribution in [1.82, 2.24) is 14.5 Å². The molecule has 0 aliphatic carbocycles. The van der Waals surface area contributed by atoms with Gasteiger partial charge in [-0.2, -0.15) is 5.10 Å². The van der Waals surface area contributed by atoms with Gasteiger partial charge in [0.2, 0.25) is 0 Å². The Kier molecular flexibility index (Phi) is 4.11. The van der Waals surface area contributed by atoms with Gasteiger partial charge in [0.05, 0.1) is 21.9 Å². The molecule has 0 saturated carbocycles. The molecule has 1 aliphatic rings. The molecule has 0 spiro atoms. The second-order valence-corrected chi connectivity index (χ2v) is 8.49. The molecule has 1 aliphatic heterocycles. The maximum atomic E-state index is 12.2. The van der Waals surface area contributed by atoms with Crippen molar-refractivity contribution in [3.63, 3.8) is 0 Å². The summed E-state index contributed by atoms with van der Waals surface area (Å²) in [6.45, 7) is 8.89. The molecule has 18 heavy (non-hydrogen) atoms. The van der Waals surface area contributed by atoms with Gasteiger partial charge in [0.25, 0.3) is 0 Å². The summed E-state index contributed by atoms with van der Waals surface area (Å²) >= 11 is 2.54. The van der Waals surface area contributed by atoms with Crippen molar-refractivity contribution in [3.8, 4) is 0 Å². The average molecular weight is 334 g/mol. The first-order valence-electron chi connectivity index (χ1n) is 6.21. The molecular formula is C12H20BrN3OS. The Morgan fingerprint density at radius 1 is 1.50 bits per heavy atom. The van der Waals surface area contributed by atoms with Crippen LogP contribution in [-0.2, 0) is 17.9 Å². The molecule has 0 fully saturated rings. The Balaban J connectivity index is 2.23. The van der Waals surface area contributed by atoms with Gasteiger partial charge < -0.3 is 4.55 Å². The lowest BCUT2D eigenvalue weighted by atomic mass is 10.1. The Morgan fingerprint density at radius 2 is 2.17 bits per heavy atom. The van der Waals surface area contributed by atoms with Gasteiger partial charge in [-0.1, -0.05) is 0 Å². The Labute approximate surface area is 120 Å². The minimum absolute atomic E-state index is 0.120. The number of aryl methyl sites for hydroxylation is 2. The number of nitrogens with zero attached hydrogens (tertiary/aromatic N) is 2. The Hall–Kier alpha value is -0.0400. The molecule has 0 amide bonds. The van der Waals surface area contributed by atoms with Gasteiger partial charge in [0.1, 0.15) is 4.75 Å². The van der Waals surface area contributed by atoms with E-state index < -0.39 is 11.4 Å². The van der Waals surface area contributed by atoms with E-state index in [2.05, 4.69) is 25.8 Å². The van der Waals surface area contributed by atoms with Crippen LogP contribution in [0.5, 0.6) is 0 Å². The summed E-state index contributed by atoms with van der Waals surface area (Å²) in [6.07, 6.45) is 2.07. The van der Waals surface area contributed by atoms with Gasteiger partial charge in [-0.3, -0.25) is 4.68 Å². The van der Waals surface area contributed by atoms with Gasteiger partial charge in [-0.25, -0.2) is 0 Å². The van der Waals surface area contributed by atoms with E-state index in [4.69, 9.17) is 0 Å². The fourth-order valence-electron chi connectivity index (χ4n) is 2.08. The molecule has 2 heterocycles. The number of hydrogen-bond donors (Lipinski definition) is 1. The maximum absolute atomic E-state index is 12.2. The van der Waals surface area contributed by atoms with E-state index in [9.17, 15) is 4.55 Å². The normalized spacial score (nSPS) is 21.8. The highest BCUT2D eigenvalue weighted by Crippen LogP contribution is 2.34. The number of fused-ring (bicyclic) bond motifs is 1. The van der Waals surface area contributed by atoms with E-state index in [1.54, 1.807) is 0 Å². The van der Waals surface area contributed by atoms with Crippen LogP contribution in [0.15, 0.2) is 4.47 Å². The van der Waals surface area contributed by atoms with Crippen molar-refractivity contribution in [2.24, 2.45) is 0 Å². The molecule has 0 radical (unpaired) electrons. The number of halogens is 1. The zero-order valence-electron chi connectivity index (χ0n) is 11.3. The largest absolute Gasteiger partial charge is 0.598 e. The monoisotopic (exact) mass is 333 g/mol. The fraction of sp³-hybridized carbons (Fsp3) is 0.750. The maximum Gasteiger partial charge on any atom is 0.136 e. The minimum atomic E-state index is -1.05. The van der Waals surface area contributed by atoms with Crippen LogP contribution in [0.25, 0.3) is 0 Å². The summed E-state index contributed by atoms with van der Waals surface area (Å²) in [5, 5.41) is 4.50. The molecule has 1 aromatic heterocycles. The number of aromatic nitrogens is 2. The standard InChI is InChI=1S/C12H20BrN3OS/c1-8-10(13)11-9(6-5-7-16(11)14-8)15-18(17)12(2,3)4/h9,15H,5-7H2,1-4H3/t9-,18?/m0/s1. The van der Waals surface area contributed by atoms with Crippen molar-refractivity contribution in [2.75, 3.05) is 0 Å². The zero-order chi connectivity index (χ0) is 13.5. The van der Waals surface area contributed by atoms with Crippen molar-refractivity contribution in [1.29, 1.82) is 0 Å².